The lowest BCUT2D eigenvalue weighted by Gasteiger charge is -2.34. The molecule has 3 heterocycles. The number of ether oxygens (including phenoxy) is 2. The van der Waals surface area contributed by atoms with E-state index >= 15 is 0 Å². The van der Waals surface area contributed by atoms with E-state index in [1.807, 2.05) is 88.8 Å². The lowest BCUT2D eigenvalue weighted by Crippen LogP contribution is -2.50. The molecule has 7 nitrogen and oxygen atoms in total. The highest BCUT2D eigenvalue weighted by Crippen LogP contribution is 2.35. The number of amides is 2. The molecule has 1 aliphatic rings. The number of aromatic nitrogens is 1. The van der Waals surface area contributed by atoms with Crippen molar-refractivity contribution in [2.75, 3.05) is 40.4 Å². The maximum absolute atomic E-state index is 13.7. The third-order valence-corrected chi connectivity index (χ3v) is 7.62. The highest BCUT2D eigenvalue weighted by atomic mass is 32.1. The SMILES string of the molecule is COc1ccc(-n2c(-c3ccccc3)cc(C(=O)N3CCN(C(=O)c4cccs4)CC3)c2C)cc1OC. The first-order valence-corrected chi connectivity index (χ1v) is 13.0. The molecule has 1 saturated heterocycles. The molecule has 0 N–H and O–H groups in total. The molecule has 5 rings (SSSR count). The van der Waals surface area contributed by atoms with Crippen molar-refractivity contribution in [3.05, 3.63) is 88.2 Å². The highest BCUT2D eigenvalue weighted by Gasteiger charge is 2.29. The Morgan fingerprint density at radius 2 is 1.46 bits per heavy atom. The van der Waals surface area contributed by atoms with E-state index in [0.717, 1.165) is 27.5 Å². The van der Waals surface area contributed by atoms with E-state index in [1.165, 1.54) is 11.3 Å². The summed E-state index contributed by atoms with van der Waals surface area (Å²) in [4.78, 5) is 30.9. The van der Waals surface area contributed by atoms with Gasteiger partial charge in [0, 0.05) is 43.6 Å². The fourth-order valence-corrected chi connectivity index (χ4v) is 5.47. The highest BCUT2D eigenvalue weighted by molar-refractivity contribution is 7.12. The average molecular weight is 516 g/mol. The van der Waals surface area contributed by atoms with Crippen LogP contribution in [-0.2, 0) is 0 Å². The van der Waals surface area contributed by atoms with Gasteiger partial charge in [-0.1, -0.05) is 36.4 Å². The zero-order chi connectivity index (χ0) is 25.9. The van der Waals surface area contributed by atoms with E-state index in [9.17, 15) is 9.59 Å². The van der Waals surface area contributed by atoms with Gasteiger partial charge in [-0.05, 0) is 42.1 Å². The normalized spacial score (nSPS) is 13.5. The topological polar surface area (TPSA) is 64.0 Å². The molecule has 0 bridgehead atoms. The number of rotatable bonds is 6. The number of hydrogen-bond acceptors (Lipinski definition) is 5. The molecule has 0 radical (unpaired) electrons. The number of carbonyl (C=O) groups is 2. The number of benzene rings is 2. The molecule has 4 aromatic rings. The summed E-state index contributed by atoms with van der Waals surface area (Å²) < 4.78 is 13.1. The number of carbonyl (C=O) groups excluding carboxylic acids is 2. The second-order valence-corrected chi connectivity index (χ2v) is 9.78. The minimum absolute atomic E-state index is 0.0304. The van der Waals surface area contributed by atoms with Crippen LogP contribution in [0.5, 0.6) is 11.5 Å². The van der Waals surface area contributed by atoms with Crippen LogP contribution in [0.15, 0.2) is 72.1 Å². The summed E-state index contributed by atoms with van der Waals surface area (Å²) in [6, 6.07) is 21.5. The van der Waals surface area contributed by atoms with E-state index < -0.39 is 0 Å². The van der Waals surface area contributed by atoms with Crippen molar-refractivity contribution in [1.82, 2.24) is 14.4 Å². The van der Waals surface area contributed by atoms with Gasteiger partial charge in [-0.3, -0.25) is 9.59 Å². The van der Waals surface area contributed by atoms with Crippen molar-refractivity contribution in [2.45, 2.75) is 6.92 Å². The van der Waals surface area contributed by atoms with E-state index in [-0.39, 0.29) is 11.8 Å². The van der Waals surface area contributed by atoms with Crippen LogP contribution in [0.3, 0.4) is 0 Å². The van der Waals surface area contributed by atoms with Gasteiger partial charge in [0.05, 0.1) is 30.4 Å². The van der Waals surface area contributed by atoms with Gasteiger partial charge in [-0.2, -0.15) is 0 Å². The predicted octanol–water partition coefficient (Wildman–Crippen LogP) is 5.13. The minimum atomic E-state index is -0.0304. The van der Waals surface area contributed by atoms with Crippen LogP contribution in [0.25, 0.3) is 16.9 Å². The molecule has 37 heavy (non-hydrogen) atoms. The van der Waals surface area contributed by atoms with Crippen LogP contribution in [0.1, 0.15) is 25.7 Å². The van der Waals surface area contributed by atoms with Gasteiger partial charge in [0.1, 0.15) is 0 Å². The third-order valence-electron chi connectivity index (χ3n) is 6.76. The zero-order valence-corrected chi connectivity index (χ0v) is 22.0. The van der Waals surface area contributed by atoms with Crippen molar-refractivity contribution in [3.8, 4) is 28.4 Å². The molecule has 1 fully saturated rings. The van der Waals surface area contributed by atoms with Gasteiger partial charge >= 0.3 is 0 Å². The van der Waals surface area contributed by atoms with Crippen LogP contribution in [0.4, 0.5) is 0 Å². The average Bonchev–Trinajstić information content (AvgIpc) is 3.61. The lowest BCUT2D eigenvalue weighted by molar-refractivity contribution is 0.0537. The molecule has 0 saturated carbocycles. The Balaban J connectivity index is 1.46. The minimum Gasteiger partial charge on any atom is -0.493 e. The Morgan fingerprint density at radius 1 is 0.784 bits per heavy atom. The molecule has 0 atom stereocenters. The maximum Gasteiger partial charge on any atom is 0.264 e. The van der Waals surface area contributed by atoms with Gasteiger partial charge in [0.2, 0.25) is 0 Å². The fourth-order valence-electron chi connectivity index (χ4n) is 4.78. The largest absolute Gasteiger partial charge is 0.493 e. The third kappa shape index (κ3) is 4.72. The fraction of sp³-hybridized carbons (Fsp3) is 0.241. The van der Waals surface area contributed by atoms with Crippen LogP contribution in [-0.4, -0.2) is 66.6 Å². The number of nitrogens with zero attached hydrogens (tertiary/aromatic N) is 3. The van der Waals surface area contributed by atoms with Crippen molar-refractivity contribution >= 4 is 23.2 Å². The first kappa shape index (κ1) is 24.6. The molecular formula is C29H29N3O4S. The van der Waals surface area contributed by atoms with Crippen molar-refractivity contribution in [3.63, 3.8) is 0 Å². The first-order chi connectivity index (χ1) is 18.0. The summed E-state index contributed by atoms with van der Waals surface area (Å²) in [6.07, 6.45) is 0. The van der Waals surface area contributed by atoms with E-state index in [0.29, 0.717) is 43.2 Å². The summed E-state index contributed by atoms with van der Waals surface area (Å²) in [7, 11) is 3.22. The molecule has 8 heteroatoms. The Kier molecular flexibility index (Phi) is 7.01. The smallest absolute Gasteiger partial charge is 0.264 e. The second-order valence-electron chi connectivity index (χ2n) is 8.83. The van der Waals surface area contributed by atoms with E-state index in [4.69, 9.17) is 9.47 Å². The van der Waals surface area contributed by atoms with Crippen LogP contribution in [0.2, 0.25) is 0 Å². The molecule has 0 spiro atoms. The Labute approximate surface area is 220 Å². The Hall–Kier alpha value is -4.04. The van der Waals surface area contributed by atoms with Crippen molar-refractivity contribution < 1.29 is 19.1 Å². The summed E-state index contributed by atoms with van der Waals surface area (Å²) in [6.45, 7) is 4.00. The monoisotopic (exact) mass is 515 g/mol. The maximum atomic E-state index is 13.7. The van der Waals surface area contributed by atoms with E-state index in [2.05, 4.69) is 4.57 Å². The van der Waals surface area contributed by atoms with Crippen LogP contribution >= 0.6 is 11.3 Å². The Bertz CT molecular complexity index is 1400. The van der Waals surface area contributed by atoms with Crippen LogP contribution < -0.4 is 9.47 Å². The van der Waals surface area contributed by atoms with Crippen LogP contribution in [0, 0.1) is 6.92 Å². The molecule has 0 aliphatic carbocycles. The number of methoxy groups -OCH3 is 2. The number of piperazine rings is 1. The van der Waals surface area contributed by atoms with Gasteiger partial charge < -0.3 is 23.8 Å². The summed E-state index contributed by atoms with van der Waals surface area (Å²) in [5.74, 6) is 1.26. The van der Waals surface area contributed by atoms with E-state index in [1.54, 1.807) is 14.2 Å². The molecule has 2 aromatic heterocycles. The quantitative estimate of drug-likeness (QED) is 0.357. The molecule has 1 aliphatic heterocycles. The lowest BCUT2D eigenvalue weighted by atomic mass is 10.1. The van der Waals surface area contributed by atoms with Gasteiger partial charge in [0.25, 0.3) is 11.8 Å². The first-order valence-electron chi connectivity index (χ1n) is 12.1. The molecule has 190 valence electrons. The van der Waals surface area contributed by atoms with Gasteiger partial charge in [-0.15, -0.1) is 11.3 Å². The van der Waals surface area contributed by atoms with Crippen molar-refractivity contribution in [2.24, 2.45) is 0 Å². The Morgan fingerprint density at radius 3 is 2.08 bits per heavy atom. The summed E-state index contributed by atoms with van der Waals surface area (Å²) in [5.41, 5.74) is 4.28. The number of thiophene rings is 1. The molecule has 0 unspecified atom stereocenters. The van der Waals surface area contributed by atoms with Gasteiger partial charge in [0.15, 0.2) is 11.5 Å². The standard InChI is InChI=1S/C29H29N3O4S/c1-20-23(28(33)30-13-15-31(16-14-30)29(34)27-10-7-17-37-27)19-24(21-8-5-4-6-9-21)32(20)22-11-12-25(35-2)26(18-22)36-3/h4-12,17-19H,13-16H2,1-3H3. The second kappa shape index (κ2) is 10.5. The summed E-state index contributed by atoms with van der Waals surface area (Å²) in [5, 5.41) is 1.91. The molecule has 2 amide bonds. The zero-order valence-electron chi connectivity index (χ0n) is 21.1. The molecular weight excluding hydrogens is 486 g/mol. The number of hydrogen-bond donors (Lipinski definition) is 0. The summed E-state index contributed by atoms with van der Waals surface area (Å²) >= 11 is 1.44. The van der Waals surface area contributed by atoms with Crippen molar-refractivity contribution in [1.29, 1.82) is 0 Å². The predicted molar refractivity (Wildman–Crippen MR) is 145 cm³/mol. The van der Waals surface area contributed by atoms with Gasteiger partial charge in [-0.25, -0.2) is 0 Å². The molecule has 2 aromatic carbocycles.